The number of hydrogen-bond acceptors (Lipinski definition) is 9. The number of hydrogen-bond donors (Lipinski definition) is 0. The number of ether oxygens (including phenoxy) is 4. The molecule has 35 heavy (non-hydrogen) atoms. The summed E-state index contributed by atoms with van der Waals surface area (Å²) in [7, 11) is 0. The molecule has 6 fully saturated rings. The Morgan fingerprint density at radius 2 is 1.57 bits per heavy atom. The molecule has 9 nitrogen and oxygen atoms in total. The van der Waals surface area contributed by atoms with E-state index in [1.807, 2.05) is 0 Å². The molecule has 9 unspecified atom stereocenters. The van der Waals surface area contributed by atoms with Crippen LogP contribution in [0.1, 0.15) is 60.3 Å². The quantitative estimate of drug-likeness (QED) is 0.334. The molecule has 9 heteroatoms. The highest BCUT2D eigenvalue weighted by atomic mass is 16.6. The lowest BCUT2D eigenvalue weighted by molar-refractivity contribution is -0.318. The van der Waals surface area contributed by atoms with Crippen LogP contribution >= 0.6 is 0 Å². The van der Waals surface area contributed by atoms with Crippen molar-refractivity contribution >= 4 is 29.7 Å². The first-order valence-electron chi connectivity index (χ1n) is 12.3. The Morgan fingerprint density at radius 1 is 0.943 bits per heavy atom. The van der Waals surface area contributed by atoms with Crippen LogP contribution in [0.25, 0.3) is 0 Å². The molecule has 0 amide bonds. The Labute approximate surface area is 203 Å². The zero-order chi connectivity index (χ0) is 25.7. The summed E-state index contributed by atoms with van der Waals surface area (Å²) in [5.41, 5.74) is -2.96. The fourth-order valence-corrected chi connectivity index (χ4v) is 8.55. The fraction of sp³-hybridized carbons (Fsp3) is 0.731. The molecule has 2 spiro atoms. The van der Waals surface area contributed by atoms with Crippen LogP contribution in [0.3, 0.4) is 0 Å². The van der Waals surface area contributed by atoms with Crippen molar-refractivity contribution in [2.24, 2.45) is 34.0 Å². The summed E-state index contributed by atoms with van der Waals surface area (Å²) in [6.07, 6.45) is -1.87. The standard InChI is InChI=1S/C26H32O9/c1-11-15-9-16(32-12(2)27)20-25-17(24(5,6)8-7-18(25)33-13(3)28)10-19(35-23(25)31)26(20,21(11)30)22(15)34-14(4)29/h15-20,22H,1,7-10H2,2-6H3. The Hall–Kier alpha value is -2.71. The molecule has 4 bridgehead atoms. The maximum atomic E-state index is 14.1. The molecule has 0 radical (unpaired) electrons. The van der Waals surface area contributed by atoms with E-state index in [-0.39, 0.29) is 29.1 Å². The lowest BCUT2D eigenvalue weighted by Crippen LogP contribution is -2.80. The van der Waals surface area contributed by atoms with E-state index in [2.05, 4.69) is 20.4 Å². The third kappa shape index (κ3) is 2.84. The summed E-state index contributed by atoms with van der Waals surface area (Å²) >= 11 is 0. The van der Waals surface area contributed by atoms with Gasteiger partial charge in [0.25, 0.3) is 0 Å². The van der Waals surface area contributed by atoms with Gasteiger partial charge in [-0.1, -0.05) is 20.4 Å². The van der Waals surface area contributed by atoms with Crippen molar-refractivity contribution in [3.63, 3.8) is 0 Å². The lowest BCUT2D eigenvalue weighted by Gasteiger charge is -2.70. The fourth-order valence-electron chi connectivity index (χ4n) is 8.55. The Morgan fingerprint density at radius 3 is 2.17 bits per heavy atom. The zero-order valence-electron chi connectivity index (χ0n) is 20.8. The summed E-state index contributed by atoms with van der Waals surface area (Å²) < 4.78 is 23.4. The van der Waals surface area contributed by atoms with Crippen molar-refractivity contribution < 1.29 is 42.9 Å². The van der Waals surface area contributed by atoms with Crippen LogP contribution in [-0.4, -0.2) is 54.1 Å². The number of rotatable bonds is 3. The van der Waals surface area contributed by atoms with E-state index in [0.29, 0.717) is 19.3 Å². The second-order valence-corrected chi connectivity index (χ2v) is 11.5. The predicted octanol–water partition coefficient (Wildman–Crippen LogP) is 2.29. The van der Waals surface area contributed by atoms with Gasteiger partial charge in [0.2, 0.25) is 0 Å². The first kappa shape index (κ1) is 24.0. The number of esters is 4. The number of carbonyl (C=O) groups is 5. The van der Waals surface area contributed by atoms with Crippen molar-refractivity contribution in [2.75, 3.05) is 0 Å². The zero-order valence-corrected chi connectivity index (χ0v) is 20.8. The monoisotopic (exact) mass is 488 g/mol. The Balaban J connectivity index is 1.81. The van der Waals surface area contributed by atoms with Gasteiger partial charge in [0.05, 0.1) is 0 Å². The average Bonchev–Trinajstić information content (AvgIpc) is 2.86. The molecule has 2 heterocycles. The van der Waals surface area contributed by atoms with Crippen molar-refractivity contribution in [2.45, 2.75) is 84.7 Å². The van der Waals surface area contributed by atoms with Crippen LogP contribution in [0, 0.1) is 34.0 Å². The molecule has 0 aromatic carbocycles. The van der Waals surface area contributed by atoms with E-state index >= 15 is 0 Å². The van der Waals surface area contributed by atoms with Gasteiger partial charge in [-0.15, -0.1) is 0 Å². The van der Waals surface area contributed by atoms with Crippen molar-refractivity contribution in [1.82, 2.24) is 0 Å². The van der Waals surface area contributed by atoms with Crippen LogP contribution in [0.5, 0.6) is 0 Å². The maximum Gasteiger partial charge on any atom is 0.316 e. The van der Waals surface area contributed by atoms with E-state index in [9.17, 15) is 24.0 Å². The summed E-state index contributed by atoms with van der Waals surface area (Å²) in [6, 6.07) is 0. The number of ketones is 1. The second-order valence-electron chi connectivity index (χ2n) is 11.5. The summed E-state index contributed by atoms with van der Waals surface area (Å²) in [6.45, 7) is 12.0. The van der Waals surface area contributed by atoms with Gasteiger partial charge in [0.1, 0.15) is 35.2 Å². The average molecular weight is 489 g/mol. The molecule has 9 atom stereocenters. The Kier molecular flexibility index (Phi) is 5.07. The van der Waals surface area contributed by atoms with Crippen LogP contribution in [-0.2, 0) is 42.9 Å². The third-order valence-corrected chi connectivity index (χ3v) is 9.46. The van der Waals surface area contributed by atoms with Gasteiger partial charge in [-0.05, 0) is 42.6 Å². The summed E-state index contributed by atoms with van der Waals surface area (Å²) in [4.78, 5) is 64.8. The molecular formula is C26H32O9. The highest BCUT2D eigenvalue weighted by molar-refractivity contribution is 6.06. The number of Topliss-reactive ketones (excluding diaryl/α,β-unsaturated/α-hetero) is 1. The van der Waals surface area contributed by atoms with Gasteiger partial charge in [0, 0.05) is 32.6 Å². The van der Waals surface area contributed by atoms with Crippen LogP contribution < -0.4 is 0 Å². The topological polar surface area (TPSA) is 122 Å². The van der Waals surface area contributed by atoms with E-state index < -0.39 is 71.0 Å². The smallest absolute Gasteiger partial charge is 0.316 e. The first-order valence-corrected chi connectivity index (χ1v) is 12.3. The van der Waals surface area contributed by atoms with Crippen LogP contribution in [0.15, 0.2) is 12.2 Å². The molecular weight excluding hydrogens is 456 g/mol. The molecule has 6 aliphatic rings. The minimum Gasteiger partial charge on any atom is -0.462 e. The second kappa shape index (κ2) is 7.40. The first-order chi connectivity index (χ1) is 16.3. The van der Waals surface area contributed by atoms with E-state index in [4.69, 9.17) is 18.9 Å². The van der Waals surface area contributed by atoms with E-state index in [0.717, 1.165) is 0 Å². The van der Waals surface area contributed by atoms with E-state index in [1.165, 1.54) is 20.8 Å². The number of carbonyl (C=O) groups excluding carboxylic acids is 5. The molecule has 190 valence electrons. The minimum absolute atomic E-state index is 0.177. The minimum atomic E-state index is -1.46. The van der Waals surface area contributed by atoms with Crippen molar-refractivity contribution in [1.29, 1.82) is 0 Å². The van der Waals surface area contributed by atoms with Gasteiger partial charge in [-0.25, -0.2) is 0 Å². The largest absolute Gasteiger partial charge is 0.462 e. The third-order valence-electron chi connectivity index (χ3n) is 9.46. The highest BCUT2D eigenvalue weighted by Gasteiger charge is 2.86. The SMILES string of the molecule is C=C1C(=O)C23C4CC5C(C)(C)CCC(OC(C)=O)C5(C(=O)O4)C2C(OC(C)=O)CC1C3OC(C)=O. The van der Waals surface area contributed by atoms with Gasteiger partial charge < -0.3 is 18.9 Å². The molecule has 0 N–H and O–H groups in total. The predicted molar refractivity (Wildman–Crippen MR) is 118 cm³/mol. The normalized spacial score (nSPS) is 44.6. The van der Waals surface area contributed by atoms with Crippen LogP contribution in [0.2, 0.25) is 0 Å². The van der Waals surface area contributed by atoms with Gasteiger partial charge in [-0.2, -0.15) is 0 Å². The van der Waals surface area contributed by atoms with Gasteiger partial charge in [-0.3, -0.25) is 24.0 Å². The van der Waals surface area contributed by atoms with Gasteiger partial charge >= 0.3 is 23.9 Å². The molecule has 0 aromatic heterocycles. The van der Waals surface area contributed by atoms with Gasteiger partial charge in [0.15, 0.2) is 5.78 Å². The van der Waals surface area contributed by atoms with Crippen LogP contribution in [0.4, 0.5) is 0 Å². The number of fused-ring (bicyclic) bond motifs is 2. The highest BCUT2D eigenvalue weighted by Crippen LogP contribution is 2.75. The molecule has 6 rings (SSSR count). The molecule has 2 saturated heterocycles. The lowest BCUT2D eigenvalue weighted by atomic mass is 9.36. The summed E-state index contributed by atoms with van der Waals surface area (Å²) in [5, 5.41) is 0. The van der Waals surface area contributed by atoms with Crippen molar-refractivity contribution in [3.05, 3.63) is 12.2 Å². The molecule has 0 aromatic rings. The van der Waals surface area contributed by atoms with E-state index in [1.54, 1.807) is 0 Å². The van der Waals surface area contributed by atoms with Crippen molar-refractivity contribution in [3.8, 4) is 0 Å². The Bertz CT molecular complexity index is 1060. The summed E-state index contributed by atoms with van der Waals surface area (Å²) in [5.74, 6) is -4.28. The molecule has 2 aliphatic heterocycles. The molecule has 4 saturated carbocycles. The maximum absolute atomic E-state index is 14.1. The molecule has 4 aliphatic carbocycles.